The zero-order valence-electron chi connectivity index (χ0n) is 17.6. The Hall–Kier alpha value is -3.23. The number of pyridine rings is 1. The number of fused-ring (bicyclic) bond motifs is 6. The first-order valence-electron chi connectivity index (χ1n) is 10.9. The van der Waals surface area contributed by atoms with Crippen LogP contribution < -0.4 is 10.6 Å². The lowest BCUT2D eigenvalue weighted by Crippen LogP contribution is -2.44. The SMILES string of the molecule is CN=C(NCCCc1nnc2ccccn12)NCCN1C(=O)C2C3C=CC(C3)C2C1=O. The number of amides is 2. The second kappa shape index (κ2) is 8.13. The van der Waals surface area contributed by atoms with Gasteiger partial charge in [0, 0.05) is 39.3 Å². The van der Waals surface area contributed by atoms with Gasteiger partial charge in [0.05, 0.1) is 11.8 Å². The molecule has 2 aromatic heterocycles. The molecule has 2 bridgehead atoms. The average Bonchev–Trinajstić information content (AvgIpc) is 3.55. The van der Waals surface area contributed by atoms with Crippen molar-refractivity contribution in [2.75, 3.05) is 26.7 Å². The Balaban J connectivity index is 1.06. The van der Waals surface area contributed by atoms with Crippen molar-refractivity contribution in [1.82, 2.24) is 30.1 Å². The quantitative estimate of drug-likeness (QED) is 0.224. The van der Waals surface area contributed by atoms with Gasteiger partial charge in [-0.2, -0.15) is 0 Å². The molecule has 1 saturated heterocycles. The van der Waals surface area contributed by atoms with E-state index in [1.54, 1.807) is 7.05 Å². The van der Waals surface area contributed by atoms with Gasteiger partial charge in [-0.05, 0) is 36.8 Å². The Morgan fingerprint density at radius 3 is 2.58 bits per heavy atom. The van der Waals surface area contributed by atoms with Gasteiger partial charge in [0.1, 0.15) is 5.82 Å². The van der Waals surface area contributed by atoms with Crippen molar-refractivity contribution in [3.8, 4) is 0 Å². The maximum atomic E-state index is 12.7. The second-order valence-electron chi connectivity index (χ2n) is 8.40. The number of rotatable bonds is 7. The minimum absolute atomic E-state index is 0.00266. The fourth-order valence-corrected chi connectivity index (χ4v) is 5.21. The van der Waals surface area contributed by atoms with Crippen LogP contribution >= 0.6 is 0 Å². The lowest BCUT2D eigenvalue weighted by atomic mass is 9.85. The number of nitrogens with one attached hydrogen (secondary N) is 2. The maximum Gasteiger partial charge on any atom is 0.233 e. The van der Waals surface area contributed by atoms with E-state index >= 15 is 0 Å². The van der Waals surface area contributed by atoms with E-state index in [4.69, 9.17) is 0 Å². The first-order chi connectivity index (χ1) is 15.2. The van der Waals surface area contributed by atoms with Gasteiger partial charge in [0.25, 0.3) is 0 Å². The standard InChI is InChI=1S/C22H27N7O2/c1-23-22(24-9-4-6-17-27-26-16-5-2-3-11-28(16)17)25-10-12-29-20(30)18-14-7-8-15(13-14)19(18)21(29)31/h2-3,5,7-8,11,14-15,18-19H,4,6,9-10,12-13H2,1H3,(H2,23,24,25). The Kier molecular flexibility index (Phi) is 5.17. The molecule has 5 rings (SSSR count). The third-order valence-electron chi connectivity index (χ3n) is 6.67. The molecule has 2 N–H and O–H groups in total. The van der Waals surface area contributed by atoms with E-state index in [1.807, 2.05) is 28.8 Å². The molecule has 3 heterocycles. The summed E-state index contributed by atoms with van der Waals surface area (Å²) in [6.07, 6.45) is 8.83. The second-order valence-corrected chi connectivity index (χ2v) is 8.40. The molecule has 1 aliphatic heterocycles. The van der Waals surface area contributed by atoms with Crippen molar-refractivity contribution < 1.29 is 9.59 Å². The summed E-state index contributed by atoms with van der Waals surface area (Å²) >= 11 is 0. The minimum Gasteiger partial charge on any atom is -0.356 e. The third-order valence-corrected chi connectivity index (χ3v) is 6.67. The predicted molar refractivity (Wildman–Crippen MR) is 115 cm³/mol. The summed E-state index contributed by atoms with van der Waals surface area (Å²) in [5.41, 5.74) is 0.849. The van der Waals surface area contributed by atoms with Gasteiger partial charge in [0.15, 0.2) is 11.6 Å². The van der Waals surface area contributed by atoms with Crippen molar-refractivity contribution >= 4 is 23.4 Å². The molecule has 9 nitrogen and oxygen atoms in total. The van der Waals surface area contributed by atoms with E-state index in [9.17, 15) is 9.59 Å². The number of allylic oxidation sites excluding steroid dienone is 2. The highest BCUT2D eigenvalue weighted by molar-refractivity contribution is 6.06. The van der Waals surface area contributed by atoms with Crippen LogP contribution in [-0.2, 0) is 16.0 Å². The lowest BCUT2D eigenvalue weighted by Gasteiger charge is -2.18. The lowest BCUT2D eigenvalue weighted by molar-refractivity contribution is -0.140. The van der Waals surface area contributed by atoms with Gasteiger partial charge in [-0.25, -0.2) is 0 Å². The van der Waals surface area contributed by atoms with Gasteiger partial charge in [-0.3, -0.25) is 23.9 Å². The number of hydrogen-bond acceptors (Lipinski definition) is 5. The summed E-state index contributed by atoms with van der Waals surface area (Å²) < 4.78 is 1.99. The molecule has 4 atom stereocenters. The van der Waals surface area contributed by atoms with Crippen LogP contribution in [0, 0.1) is 23.7 Å². The van der Waals surface area contributed by atoms with Crippen LogP contribution in [0.4, 0.5) is 0 Å². The monoisotopic (exact) mass is 421 g/mol. The Labute approximate surface area is 180 Å². The number of imide groups is 1. The number of aliphatic imine (C=N–C) groups is 1. The molecular weight excluding hydrogens is 394 g/mol. The molecule has 0 radical (unpaired) electrons. The number of carbonyl (C=O) groups is 2. The van der Waals surface area contributed by atoms with Crippen LogP contribution in [0.15, 0.2) is 41.5 Å². The maximum absolute atomic E-state index is 12.7. The molecule has 1 saturated carbocycles. The predicted octanol–water partition coefficient (Wildman–Crippen LogP) is 0.634. The van der Waals surface area contributed by atoms with Crippen LogP contribution in [0.2, 0.25) is 0 Å². The summed E-state index contributed by atoms with van der Waals surface area (Å²) in [5.74, 6) is 1.82. The highest BCUT2D eigenvalue weighted by Gasteiger charge is 2.58. The zero-order valence-corrected chi connectivity index (χ0v) is 17.6. The fraction of sp³-hybridized carbons (Fsp3) is 0.500. The van der Waals surface area contributed by atoms with E-state index in [0.717, 1.165) is 37.3 Å². The number of aromatic nitrogens is 3. The molecule has 162 valence electrons. The Morgan fingerprint density at radius 1 is 1.10 bits per heavy atom. The number of guanidine groups is 1. The number of nitrogens with zero attached hydrogens (tertiary/aromatic N) is 5. The first kappa shape index (κ1) is 19.7. The molecule has 0 aromatic carbocycles. The smallest absolute Gasteiger partial charge is 0.233 e. The molecule has 2 fully saturated rings. The molecule has 4 unspecified atom stereocenters. The molecular formula is C22H27N7O2. The molecule has 2 aliphatic carbocycles. The van der Waals surface area contributed by atoms with Crippen LogP contribution in [0.3, 0.4) is 0 Å². The van der Waals surface area contributed by atoms with Gasteiger partial charge < -0.3 is 10.6 Å². The third kappa shape index (κ3) is 3.47. The van der Waals surface area contributed by atoms with Gasteiger partial charge in [0.2, 0.25) is 11.8 Å². The van der Waals surface area contributed by atoms with E-state index in [0.29, 0.717) is 19.0 Å². The normalized spacial score (nSPS) is 26.9. The molecule has 0 spiro atoms. The highest BCUT2D eigenvalue weighted by Crippen LogP contribution is 2.52. The van der Waals surface area contributed by atoms with Crippen molar-refractivity contribution in [2.24, 2.45) is 28.7 Å². The van der Waals surface area contributed by atoms with Crippen molar-refractivity contribution in [2.45, 2.75) is 19.3 Å². The highest BCUT2D eigenvalue weighted by atomic mass is 16.2. The topological polar surface area (TPSA) is 104 Å². The number of likely N-dealkylation sites (tertiary alicyclic amines) is 1. The summed E-state index contributed by atoms with van der Waals surface area (Å²) in [6, 6.07) is 5.85. The first-order valence-corrected chi connectivity index (χ1v) is 10.9. The van der Waals surface area contributed by atoms with E-state index in [-0.39, 0.29) is 35.5 Å². The van der Waals surface area contributed by atoms with Gasteiger partial charge in [-0.15, -0.1) is 10.2 Å². The van der Waals surface area contributed by atoms with E-state index in [1.165, 1.54) is 4.90 Å². The minimum atomic E-state index is -0.131. The molecule has 2 amide bonds. The number of aryl methyl sites for hydroxylation is 1. The number of carbonyl (C=O) groups excluding carboxylic acids is 2. The Bertz CT molecular complexity index is 1030. The summed E-state index contributed by atoms with van der Waals surface area (Å²) in [6.45, 7) is 1.58. The summed E-state index contributed by atoms with van der Waals surface area (Å²) in [7, 11) is 1.71. The van der Waals surface area contributed by atoms with Crippen LogP contribution in [-0.4, -0.2) is 64.0 Å². The van der Waals surface area contributed by atoms with E-state index in [2.05, 4.69) is 38.0 Å². The van der Waals surface area contributed by atoms with Crippen LogP contribution in [0.5, 0.6) is 0 Å². The van der Waals surface area contributed by atoms with Crippen LogP contribution in [0.1, 0.15) is 18.7 Å². The van der Waals surface area contributed by atoms with Crippen molar-refractivity contribution in [3.05, 3.63) is 42.4 Å². The summed E-state index contributed by atoms with van der Waals surface area (Å²) in [5, 5.41) is 14.9. The molecule has 2 aromatic rings. The van der Waals surface area contributed by atoms with Crippen molar-refractivity contribution in [3.63, 3.8) is 0 Å². The number of hydrogen-bond donors (Lipinski definition) is 2. The zero-order chi connectivity index (χ0) is 21.4. The average molecular weight is 422 g/mol. The van der Waals surface area contributed by atoms with Gasteiger partial charge in [-0.1, -0.05) is 18.2 Å². The largest absolute Gasteiger partial charge is 0.356 e. The van der Waals surface area contributed by atoms with Crippen molar-refractivity contribution in [1.29, 1.82) is 0 Å². The molecule has 9 heteroatoms. The van der Waals surface area contributed by atoms with Crippen LogP contribution in [0.25, 0.3) is 5.65 Å². The molecule has 3 aliphatic rings. The fourth-order valence-electron chi connectivity index (χ4n) is 5.21. The van der Waals surface area contributed by atoms with Gasteiger partial charge >= 0.3 is 0 Å². The molecule has 31 heavy (non-hydrogen) atoms. The Morgan fingerprint density at radius 2 is 1.84 bits per heavy atom. The summed E-state index contributed by atoms with van der Waals surface area (Å²) in [4.78, 5) is 31.1. The van der Waals surface area contributed by atoms with E-state index < -0.39 is 0 Å².